The molecule has 1 aliphatic carbocycles. The zero-order valence-corrected chi connectivity index (χ0v) is 16.2. The summed E-state index contributed by atoms with van der Waals surface area (Å²) in [4.78, 5) is 11.6. The molecular formula is C27H24O. The first-order chi connectivity index (χ1) is 13.6. The van der Waals surface area contributed by atoms with Crippen LogP contribution in [0, 0.1) is 12.3 Å². The average Bonchev–Trinajstić information content (AvgIpc) is 2.72. The summed E-state index contributed by atoms with van der Waals surface area (Å²) in [5.74, 6) is 2.70. The number of hydrogen-bond donors (Lipinski definition) is 0. The molecule has 138 valence electrons. The highest BCUT2D eigenvalue weighted by atomic mass is 16.1. The standard InChI is InChI=1S/C19H18O.C8H6/c1-4-6-8-15(7-5-2)16-9-10-17-12-18(20)11-14(3)19(17)13-16;1-2-8-6-4-3-5-7-8/h4-11,13H,1-2,12H2,3H3;1,3-7H/b8-6-,15-7+;. The summed E-state index contributed by atoms with van der Waals surface area (Å²) in [6.07, 6.45) is 16.7. The third kappa shape index (κ3) is 5.69. The van der Waals surface area contributed by atoms with Crippen molar-refractivity contribution in [3.63, 3.8) is 0 Å². The van der Waals surface area contributed by atoms with Crippen LogP contribution in [0.15, 0.2) is 98.1 Å². The lowest BCUT2D eigenvalue weighted by Crippen LogP contribution is -2.08. The Kier molecular flexibility index (Phi) is 7.76. The molecular weight excluding hydrogens is 340 g/mol. The predicted molar refractivity (Wildman–Crippen MR) is 121 cm³/mol. The number of carbonyl (C=O) groups is 1. The van der Waals surface area contributed by atoms with Gasteiger partial charge in [0.2, 0.25) is 0 Å². The summed E-state index contributed by atoms with van der Waals surface area (Å²) in [7, 11) is 0. The van der Waals surface area contributed by atoms with E-state index in [-0.39, 0.29) is 5.78 Å². The van der Waals surface area contributed by atoms with Gasteiger partial charge >= 0.3 is 0 Å². The fourth-order valence-electron chi connectivity index (χ4n) is 2.92. The first-order valence-corrected chi connectivity index (χ1v) is 9.07. The molecule has 0 aliphatic heterocycles. The third-order valence-corrected chi connectivity index (χ3v) is 4.26. The van der Waals surface area contributed by atoms with Crippen LogP contribution < -0.4 is 0 Å². The minimum absolute atomic E-state index is 0.177. The summed E-state index contributed by atoms with van der Waals surface area (Å²) in [5, 5.41) is 0. The van der Waals surface area contributed by atoms with Gasteiger partial charge < -0.3 is 0 Å². The van der Waals surface area contributed by atoms with Gasteiger partial charge in [0.15, 0.2) is 5.78 Å². The topological polar surface area (TPSA) is 17.1 Å². The highest BCUT2D eigenvalue weighted by Crippen LogP contribution is 2.28. The summed E-state index contributed by atoms with van der Waals surface area (Å²) in [6, 6.07) is 15.8. The summed E-state index contributed by atoms with van der Waals surface area (Å²) >= 11 is 0. The molecule has 0 N–H and O–H groups in total. The summed E-state index contributed by atoms with van der Waals surface area (Å²) in [6.45, 7) is 9.43. The van der Waals surface area contributed by atoms with Crippen LogP contribution in [-0.4, -0.2) is 5.78 Å². The normalized spacial score (nSPS) is 12.9. The largest absolute Gasteiger partial charge is 0.294 e. The van der Waals surface area contributed by atoms with Crippen molar-refractivity contribution in [3.8, 4) is 12.3 Å². The molecule has 0 amide bonds. The van der Waals surface area contributed by atoms with Crippen molar-refractivity contribution in [1.29, 1.82) is 0 Å². The van der Waals surface area contributed by atoms with Gasteiger partial charge in [-0.05, 0) is 59.0 Å². The number of allylic oxidation sites excluding steroid dienone is 8. The van der Waals surface area contributed by atoms with Crippen molar-refractivity contribution in [1.82, 2.24) is 0 Å². The first-order valence-electron chi connectivity index (χ1n) is 9.07. The number of rotatable bonds is 4. The molecule has 0 heterocycles. The molecule has 2 aromatic rings. The van der Waals surface area contributed by atoms with E-state index in [1.165, 1.54) is 0 Å². The lowest BCUT2D eigenvalue weighted by molar-refractivity contribution is -0.114. The molecule has 0 fully saturated rings. The van der Waals surface area contributed by atoms with Crippen molar-refractivity contribution in [2.45, 2.75) is 13.3 Å². The zero-order chi connectivity index (χ0) is 20.4. The lowest BCUT2D eigenvalue weighted by atomic mass is 9.88. The quantitative estimate of drug-likeness (QED) is 0.467. The Balaban J connectivity index is 0.000000292. The van der Waals surface area contributed by atoms with E-state index in [9.17, 15) is 4.79 Å². The molecule has 28 heavy (non-hydrogen) atoms. The van der Waals surface area contributed by atoms with Gasteiger partial charge in [-0.3, -0.25) is 4.79 Å². The third-order valence-electron chi connectivity index (χ3n) is 4.26. The van der Waals surface area contributed by atoms with Crippen LogP contribution in [0.2, 0.25) is 0 Å². The van der Waals surface area contributed by atoms with Crippen LogP contribution in [-0.2, 0) is 11.2 Å². The maximum Gasteiger partial charge on any atom is 0.160 e. The van der Waals surface area contributed by atoms with E-state index in [4.69, 9.17) is 6.42 Å². The van der Waals surface area contributed by atoms with Gasteiger partial charge in [0, 0.05) is 12.0 Å². The highest BCUT2D eigenvalue weighted by molar-refractivity contribution is 6.01. The minimum atomic E-state index is 0.177. The van der Waals surface area contributed by atoms with Crippen molar-refractivity contribution >= 4 is 16.9 Å². The fraction of sp³-hybridized carbons (Fsp3) is 0.0741. The molecule has 0 atom stereocenters. The minimum Gasteiger partial charge on any atom is -0.294 e. The Morgan fingerprint density at radius 2 is 1.86 bits per heavy atom. The Bertz CT molecular complexity index is 992. The van der Waals surface area contributed by atoms with E-state index >= 15 is 0 Å². The molecule has 0 radical (unpaired) electrons. The number of ketones is 1. The van der Waals surface area contributed by atoms with E-state index in [0.717, 1.165) is 33.4 Å². The smallest absolute Gasteiger partial charge is 0.160 e. The van der Waals surface area contributed by atoms with Crippen molar-refractivity contribution in [2.75, 3.05) is 0 Å². The Morgan fingerprint density at radius 1 is 1.11 bits per heavy atom. The van der Waals surface area contributed by atoms with Crippen molar-refractivity contribution in [3.05, 3.63) is 120 Å². The molecule has 1 heteroatoms. The monoisotopic (exact) mass is 364 g/mol. The average molecular weight is 364 g/mol. The maximum atomic E-state index is 11.6. The van der Waals surface area contributed by atoms with Gasteiger partial charge in [-0.1, -0.05) is 79.8 Å². The molecule has 0 spiro atoms. The summed E-state index contributed by atoms with van der Waals surface area (Å²) in [5.41, 5.74) is 6.42. The van der Waals surface area contributed by atoms with Crippen molar-refractivity contribution in [2.24, 2.45) is 0 Å². The number of carbonyl (C=O) groups excluding carboxylic acids is 1. The van der Waals surface area contributed by atoms with Gasteiger partial charge in [-0.2, -0.15) is 0 Å². The number of hydrogen-bond acceptors (Lipinski definition) is 1. The highest BCUT2D eigenvalue weighted by Gasteiger charge is 2.15. The lowest BCUT2D eigenvalue weighted by Gasteiger charge is -2.16. The van der Waals surface area contributed by atoms with Crippen LogP contribution in [0.3, 0.4) is 0 Å². The van der Waals surface area contributed by atoms with E-state index in [1.807, 2.05) is 67.6 Å². The Labute approximate surface area is 168 Å². The molecule has 0 bridgehead atoms. The fourth-order valence-corrected chi connectivity index (χ4v) is 2.92. The molecule has 2 aromatic carbocycles. The molecule has 1 nitrogen and oxygen atoms in total. The van der Waals surface area contributed by atoms with Gasteiger partial charge in [-0.15, -0.1) is 6.42 Å². The van der Waals surface area contributed by atoms with E-state index in [2.05, 4.69) is 25.1 Å². The maximum absolute atomic E-state index is 11.6. The van der Waals surface area contributed by atoms with E-state index in [0.29, 0.717) is 6.42 Å². The van der Waals surface area contributed by atoms with Crippen LogP contribution >= 0.6 is 0 Å². The van der Waals surface area contributed by atoms with Crippen LogP contribution in [0.4, 0.5) is 0 Å². The SMILES string of the molecule is C#Cc1ccccc1.C=C/C=C\C(=C/C=C)c1ccc2c(c1)C(C)=CC(=O)C2. The second-order valence-corrected chi connectivity index (χ2v) is 6.31. The molecule has 0 unspecified atom stereocenters. The molecule has 0 saturated carbocycles. The van der Waals surface area contributed by atoms with Gasteiger partial charge in [0.25, 0.3) is 0 Å². The van der Waals surface area contributed by atoms with E-state index in [1.54, 1.807) is 18.2 Å². The Morgan fingerprint density at radius 3 is 2.46 bits per heavy atom. The van der Waals surface area contributed by atoms with Crippen LogP contribution in [0.1, 0.15) is 29.2 Å². The number of benzene rings is 2. The van der Waals surface area contributed by atoms with Gasteiger partial charge in [-0.25, -0.2) is 0 Å². The molecule has 1 aliphatic rings. The zero-order valence-electron chi connectivity index (χ0n) is 16.2. The second kappa shape index (κ2) is 10.5. The van der Waals surface area contributed by atoms with Crippen LogP contribution in [0.5, 0.6) is 0 Å². The van der Waals surface area contributed by atoms with Crippen LogP contribution in [0.25, 0.3) is 11.1 Å². The van der Waals surface area contributed by atoms with Gasteiger partial charge in [0.1, 0.15) is 0 Å². The second-order valence-electron chi connectivity index (χ2n) is 6.31. The predicted octanol–water partition coefficient (Wildman–Crippen LogP) is 6.19. The van der Waals surface area contributed by atoms with E-state index < -0.39 is 0 Å². The Hall–Kier alpha value is -3.63. The number of fused-ring (bicyclic) bond motifs is 1. The van der Waals surface area contributed by atoms with Gasteiger partial charge in [0.05, 0.1) is 0 Å². The van der Waals surface area contributed by atoms with Crippen molar-refractivity contribution < 1.29 is 4.79 Å². The first kappa shape index (κ1) is 20.7. The number of terminal acetylenes is 1. The summed E-state index contributed by atoms with van der Waals surface area (Å²) < 4.78 is 0. The molecule has 3 rings (SSSR count). The molecule has 0 saturated heterocycles. The molecule has 0 aromatic heterocycles.